The van der Waals surface area contributed by atoms with E-state index in [-0.39, 0.29) is 12.5 Å². The monoisotopic (exact) mass is 263 g/mol. The van der Waals surface area contributed by atoms with E-state index in [0.29, 0.717) is 18.5 Å². The van der Waals surface area contributed by atoms with Crippen LogP contribution < -0.4 is 10.6 Å². The highest BCUT2D eigenvalue weighted by Gasteiger charge is 2.40. The minimum Gasteiger partial charge on any atom is -0.481 e. The second kappa shape index (κ2) is 5.26. The number of carbonyl (C=O) groups is 2. The predicted molar refractivity (Wildman–Crippen MR) is 70.0 cm³/mol. The molecule has 1 fully saturated rings. The molecule has 0 aromatic carbocycles. The number of hydrogen-bond acceptors (Lipinski definition) is 3. The lowest BCUT2D eigenvalue weighted by atomic mass is 9.74. The topological polar surface area (TPSA) is 91.3 Å². The zero-order valence-electron chi connectivity index (χ0n) is 10.8. The normalized spacial score (nSPS) is 16.3. The van der Waals surface area contributed by atoms with Crippen LogP contribution in [0.15, 0.2) is 18.5 Å². The molecule has 1 saturated carbocycles. The first-order valence-corrected chi connectivity index (χ1v) is 6.22. The van der Waals surface area contributed by atoms with Gasteiger partial charge in [-0.25, -0.2) is 4.79 Å². The Kier molecular flexibility index (Phi) is 3.69. The molecule has 2 rings (SSSR count). The summed E-state index contributed by atoms with van der Waals surface area (Å²) in [4.78, 5) is 26.7. The summed E-state index contributed by atoms with van der Waals surface area (Å²) in [5, 5.41) is 14.4. The standard InChI is InChI=1S/C13H17N3O3/c1-9-3-6-14-8-10(9)15-12(19)16-13(4-2-5-13)7-11(17)18/h3,6,8H,2,4-5,7H2,1H3,(H,17,18)(H2,15,16,19). The summed E-state index contributed by atoms with van der Waals surface area (Å²) in [6, 6.07) is 1.42. The highest BCUT2D eigenvalue weighted by Crippen LogP contribution is 2.35. The number of carboxylic acid groups (broad SMARTS) is 1. The van der Waals surface area contributed by atoms with Gasteiger partial charge < -0.3 is 15.7 Å². The summed E-state index contributed by atoms with van der Waals surface area (Å²) in [6.45, 7) is 1.87. The van der Waals surface area contributed by atoms with E-state index in [9.17, 15) is 9.59 Å². The zero-order valence-corrected chi connectivity index (χ0v) is 10.8. The molecule has 0 unspecified atom stereocenters. The van der Waals surface area contributed by atoms with E-state index >= 15 is 0 Å². The van der Waals surface area contributed by atoms with Crippen molar-refractivity contribution < 1.29 is 14.7 Å². The van der Waals surface area contributed by atoms with Gasteiger partial charge in [0.25, 0.3) is 0 Å². The Hall–Kier alpha value is -2.11. The van der Waals surface area contributed by atoms with E-state index < -0.39 is 11.5 Å². The smallest absolute Gasteiger partial charge is 0.319 e. The number of pyridine rings is 1. The number of carbonyl (C=O) groups excluding carboxylic acids is 1. The first kappa shape index (κ1) is 13.3. The first-order chi connectivity index (χ1) is 9.01. The van der Waals surface area contributed by atoms with E-state index in [1.165, 1.54) is 0 Å². The molecule has 6 nitrogen and oxygen atoms in total. The molecule has 0 radical (unpaired) electrons. The summed E-state index contributed by atoms with van der Waals surface area (Å²) in [7, 11) is 0. The van der Waals surface area contributed by atoms with Gasteiger partial charge in [-0.05, 0) is 37.8 Å². The lowest BCUT2D eigenvalue weighted by Gasteiger charge is -2.41. The van der Waals surface area contributed by atoms with Crippen molar-refractivity contribution >= 4 is 17.7 Å². The Balaban J connectivity index is 1.97. The lowest BCUT2D eigenvalue weighted by Crippen LogP contribution is -2.55. The van der Waals surface area contributed by atoms with Gasteiger partial charge in [-0.15, -0.1) is 0 Å². The maximum absolute atomic E-state index is 11.9. The van der Waals surface area contributed by atoms with Crippen LogP contribution in [0.4, 0.5) is 10.5 Å². The Bertz CT molecular complexity index is 498. The summed E-state index contributed by atoms with van der Waals surface area (Å²) in [5.74, 6) is -0.891. The quantitative estimate of drug-likeness (QED) is 0.773. The Morgan fingerprint density at radius 2 is 2.21 bits per heavy atom. The SMILES string of the molecule is Cc1ccncc1NC(=O)NC1(CC(=O)O)CCC1. The molecule has 0 aliphatic heterocycles. The molecule has 0 atom stereocenters. The zero-order chi connectivity index (χ0) is 13.9. The minimum atomic E-state index is -0.891. The van der Waals surface area contributed by atoms with Crippen molar-refractivity contribution in [1.82, 2.24) is 10.3 Å². The number of aromatic nitrogens is 1. The number of rotatable bonds is 4. The van der Waals surface area contributed by atoms with Gasteiger partial charge in [0, 0.05) is 6.20 Å². The average molecular weight is 263 g/mol. The summed E-state index contributed by atoms with van der Waals surface area (Å²) < 4.78 is 0. The van der Waals surface area contributed by atoms with Gasteiger partial charge in [-0.2, -0.15) is 0 Å². The van der Waals surface area contributed by atoms with Crippen molar-refractivity contribution in [2.75, 3.05) is 5.32 Å². The summed E-state index contributed by atoms with van der Waals surface area (Å²) >= 11 is 0. The van der Waals surface area contributed by atoms with Crippen LogP contribution in [0.3, 0.4) is 0 Å². The van der Waals surface area contributed by atoms with E-state index in [4.69, 9.17) is 5.11 Å². The average Bonchev–Trinajstić information content (AvgIpc) is 2.28. The van der Waals surface area contributed by atoms with Crippen LogP contribution in [0.25, 0.3) is 0 Å². The predicted octanol–water partition coefficient (Wildman–Crippen LogP) is 1.91. The van der Waals surface area contributed by atoms with Crippen LogP contribution in [0.1, 0.15) is 31.2 Å². The molecule has 0 saturated heterocycles. The van der Waals surface area contributed by atoms with Gasteiger partial charge in [-0.3, -0.25) is 9.78 Å². The highest BCUT2D eigenvalue weighted by atomic mass is 16.4. The number of nitrogens with zero attached hydrogens (tertiary/aromatic N) is 1. The van der Waals surface area contributed by atoms with Crippen molar-refractivity contribution in [2.45, 2.75) is 38.1 Å². The third-order valence-electron chi connectivity index (χ3n) is 3.47. The fourth-order valence-corrected chi connectivity index (χ4v) is 2.23. The maximum atomic E-state index is 11.9. The van der Waals surface area contributed by atoms with Gasteiger partial charge in [0.1, 0.15) is 0 Å². The van der Waals surface area contributed by atoms with Crippen LogP contribution in [0.5, 0.6) is 0 Å². The Labute approximate surface area is 111 Å². The van der Waals surface area contributed by atoms with E-state index in [0.717, 1.165) is 12.0 Å². The van der Waals surface area contributed by atoms with Gasteiger partial charge in [0.05, 0.1) is 23.8 Å². The van der Waals surface area contributed by atoms with Gasteiger partial charge >= 0.3 is 12.0 Å². The number of anilines is 1. The fourth-order valence-electron chi connectivity index (χ4n) is 2.23. The molecule has 6 heteroatoms. The van der Waals surface area contributed by atoms with Crippen LogP contribution in [-0.4, -0.2) is 27.6 Å². The molecule has 0 spiro atoms. The van der Waals surface area contributed by atoms with Gasteiger partial charge in [0.15, 0.2) is 0 Å². The van der Waals surface area contributed by atoms with Crippen molar-refractivity contribution in [3.8, 4) is 0 Å². The van der Waals surface area contributed by atoms with Crippen LogP contribution in [0, 0.1) is 6.92 Å². The molecule has 1 aromatic heterocycles. The van der Waals surface area contributed by atoms with Crippen LogP contribution in [-0.2, 0) is 4.79 Å². The fraction of sp³-hybridized carbons (Fsp3) is 0.462. The van der Waals surface area contributed by atoms with Crippen LogP contribution >= 0.6 is 0 Å². The molecule has 1 aromatic rings. The minimum absolute atomic E-state index is 0.0353. The molecule has 1 aliphatic rings. The molecular weight excluding hydrogens is 246 g/mol. The molecule has 102 valence electrons. The second-order valence-corrected chi connectivity index (χ2v) is 4.97. The number of aryl methyl sites for hydroxylation is 1. The number of nitrogens with one attached hydrogen (secondary N) is 2. The molecule has 3 N–H and O–H groups in total. The largest absolute Gasteiger partial charge is 0.481 e. The number of urea groups is 1. The third-order valence-corrected chi connectivity index (χ3v) is 3.47. The van der Waals surface area contributed by atoms with Crippen molar-refractivity contribution in [3.05, 3.63) is 24.0 Å². The number of aliphatic carboxylic acids is 1. The number of amides is 2. The van der Waals surface area contributed by atoms with Crippen molar-refractivity contribution in [1.29, 1.82) is 0 Å². The van der Waals surface area contributed by atoms with Crippen molar-refractivity contribution in [3.63, 3.8) is 0 Å². The molecule has 19 heavy (non-hydrogen) atoms. The third kappa shape index (κ3) is 3.21. The first-order valence-electron chi connectivity index (χ1n) is 6.22. The van der Waals surface area contributed by atoms with Gasteiger partial charge in [-0.1, -0.05) is 0 Å². The lowest BCUT2D eigenvalue weighted by molar-refractivity contribution is -0.139. The molecule has 1 aliphatic carbocycles. The van der Waals surface area contributed by atoms with E-state index in [1.807, 2.05) is 6.92 Å². The molecule has 2 amide bonds. The second-order valence-electron chi connectivity index (χ2n) is 4.97. The maximum Gasteiger partial charge on any atom is 0.319 e. The van der Waals surface area contributed by atoms with E-state index in [2.05, 4.69) is 15.6 Å². The molecule has 1 heterocycles. The molecule has 0 bridgehead atoms. The van der Waals surface area contributed by atoms with E-state index in [1.54, 1.807) is 18.5 Å². The summed E-state index contributed by atoms with van der Waals surface area (Å²) in [5.41, 5.74) is 0.947. The van der Waals surface area contributed by atoms with Crippen molar-refractivity contribution in [2.24, 2.45) is 0 Å². The van der Waals surface area contributed by atoms with Crippen LogP contribution in [0.2, 0.25) is 0 Å². The Morgan fingerprint density at radius 1 is 1.47 bits per heavy atom. The number of carboxylic acids is 1. The summed E-state index contributed by atoms with van der Waals surface area (Å²) in [6.07, 6.45) is 5.54. The Morgan fingerprint density at radius 3 is 2.74 bits per heavy atom. The highest BCUT2D eigenvalue weighted by molar-refractivity contribution is 5.90. The van der Waals surface area contributed by atoms with Gasteiger partial charge in [0.2, 0.25) is 0 Å². The molecular formula is C13H17N3O3. The number of hydrogen-bond donors (Lipinski definition) is 3.